The quantitative estimate of drug-likeness (QED) is 0.0261. The highest BCUT2D eigenvalue weighted by atomic mass is 16.6. The van der Waals surface area contributed by atoms with Crippen molar-refractivity contribution in [3.63, 3.8) is 0 Å². The van der Waals surface area contributed by atoms with Gasteiger partial charge in [0.1, 0.15) is 13.2 Å². The largest absolute Gasteiger partial charge is 0.462 e. The molecule has 0 saturated heterocycles. The van der Waals surface area contributed by atoms with Gasteiger partial charge < -0.3 is 14.2 Å². The topological polar surface area (TPSA) is 78.9 Å². The summed E-state index contributed by atoms with van der Waals surface area (Å²) in [5.41, 5.74) is 0. The third-order valence-electron chi connectivity index (χ3n) is 13.7. The van der Waals surface area contributed by atoms with E-state index < -0.39 is 6.10 Å². The van der Waals surface area contributed by atoms with Gasteiger partial charge in [0, 0.05) is 19.3 Å². The lowest BCUT2D eigenvalue weighted by atomic mass is 10.0. The highest BCUT2D eigenvalue weighted by Gasteiger charge is 2.19. The minimum absolute atomic E-state index is 0.0898. The van der Waals surface area contributed by atoms with Crippen LogP contribution in [-0.4, -0.2) is 37.2 Å². The number of unbranched alkanes of at least 4 members (excludes halogenated alkanes) is 29. The first kappa shape index (κ1) is 73.1. The maximum atomic E-state index is 12.9. The van der Waals surface area contributed by atoms with Crippen molar-refractivity contribution >= 4 is 17.9 Å². The molecule has 0 aromatic heterocycles. The number of ether oxygens (including phenoxy) is 3. The highest BCUT2D eigenvalue weighted by Crippen LogP contribution is 2.16. The Balaban J connectivity index is 4.37. The molecule has 77 heavy (non-hydrogen) atoms. The summed E-state index contributed by atoms with van der Waals surface area (Å²) in [5.74, 6) is -0.909. The molecular weight excluding hydrogens is 949 g/mol. The third-order valence-corrected chi connectivity index (χ3v) is 13.7. The summed E-state index contributed by atoms with van der Waals surface area (Å²) in [6.45, 7) is 6.45. The molecule has 0 aliphatic rings. The Bertz CT molecular complexity index is 1560. The van der Waals surface area contributed by atoms with E-state index in [1.54, 1.807) is 0 Å². The predicted molar refractivity (Wildman–Crippen MR) is 334 cm³/mol. The average Bonchev–Trinajstić information content (AvgIpc) is 3.43. The van der Waals surface area contributed by atoms with E-state index in [1.165, 1.54) is 128 Å². The van der Waals surface area contributed by atoms with Crippen molar-refractivity contribution in [3.05, 3.63) is 109 Å². The molecule has 0 aromatic rings. The predicted octanol–water partition coefficient (Wildman–Crippen LogP) is 22.2. The molecule has 1 unspecified atom stereocenters. The van der Waals surface area contributed by atoms with E-state index >= 15 is 0 Å². The van der Waals surface area contributed by atoms with E-state index in [9.17, 15) is 14.4 Å². The van der Waals surface area contributed by atoms with E-state index in [0.717, 1.165) is 135 Å². The molecule has 0 aromatic carbocycles. The van der Waals surface area contributed by atoms with Crippen LogP contribution in [-0.2, 0) is 28.6 Å². The van der Waals surface area contributed by atoms with Crippen LogP contribution in [0.4, 0.5) is 0 Å². The minimum atomic E-state index is -0.793. The molecule has 440 valence electrons. The van der Waals surface area contributed by atoms with Gasteiger partial charge in [0.25, 0.3) is 0 Å². The summed E-state index contributed by atoms with van der Waals surface area (Å²) in [4.78, 5) is 38.3. The van der Waals surface area contributed by atoms with Crippen LogP contribution in [0.15, 0.2) is 109 Å². The van der Waals surface area contributed by atoms with Gasteiger partial charge in [0.2, 0.25) is 0 Å². The zero-order chi connectivity index (χ0) is 55.7. The van der Waals surface area contributed by atoms with Gasteiger partial charge in [0.15, 0.2) is 6.10 Å². The highest BCUT2D eigenvalue weighted by molar-refractivity contribution is 5.71. The Morgan fingerprint density at radius 3 is 0.844 bits per heavy atom. The van der Waals surface area contributed by atoms with Gasteiger partial charge in [-0.3, -0.25) is 14.4 Å². The number of hydrogen-bond donors (Lipinski definition) is 0. The zero-order valence-corrected chi connectivity index (χ0v) is 50.4. The van der Waals surface area contributed by atoms with Gasteiger partial charge in [-0.05, 0) is 122 Å². The molecule has 0 saturated carbocycles. The Kier molecular flexibility index (Phi) is 61.3. The lowest BCUT2D eigenvalue weighted by molar-refractivity contribution is -0.167. The second-order valence-electron chi connectivity index (χ2n) is 21.3. The molecule has 0 fully saturated rings. The van der Waals surface area contributed by atoms with Crippen LogP contribution in [0.2, 0.25) is 0 Å². The summed E-state index contributed by atoms with van der Waals surface area (Å²) in [6.07, 6.45) is 88.0. The first-order valence-electron chi connectivity index (χ1n) is 32.4. The lowest BCUT2D eigenvalue weighted by Crippen LogP contribution is -2.30. The summed E-state index contributed by atoms with van der Waals surface area (Å²) in [6, 6.07) is 0. The van der Waals surface area contributed by atoms with Crippen LogP contribution < -0.4 is 0 Å². The molecule has 6 heteroatoms. The Morgan fingerprint density at radius 1 is 0.273 bits per heavy atom. The molecule has 0 rings (SSSR count). The fraction of sp³-hybridized carbons (Fsp3) is 0.704. The standard InChI is InChI=1S/C71H120O6/c1-4-7-10-13-16-19-22-25-27-29-31-33-35-37-39-41-43-46-49-52-55-58-61-64-70(73)76-67-68(66-75-69(72)63-60-57-54-51-48-45-24-21-18-15-12-9-6-3)77-71(74)65-62-59-56-53-50-47-44-42-40-38-36-34-32-30-28-26-23-20-17-14-11-8-5-2/h7,10,12,15-16,19,21,23-27,30-33,37,39,68H,4-6,8-9,11,13-14,17-18,20,22,28-29,34-36,38,40-67H2,1-3H3/b10-7-,15-12-,19-16-,24-21-,26-23-,27-25-,32-30-,33-31-,39-37-. The second kappa shape index (κ2) is 64.6. The summed E-state index contributed by atoms with van der Waals surface area (Å²) < 4.78 is 16.9. The third kappa shape index (κ3) is 62.8. The molecule has 0 aliphatic heterocycles. The molecule has 6 nitrogen and oxygen atoms in total. The van der Waals surface area contributed by atoms with Crippen molar-refractivity contribution in [1.29, 1.82) is 0 Å². The maximum Gasteiger partial charge on any atom is 0.306 e. The average molecular weight is 1070 g/mol. The zero-order valence-electron chi connectivity index (χ0n) is 50.4. The molecule has 0 radical (unpaired) electrons. The minimum Gasteiger partial charge on any atom is -0.462 e. The number of carbonyl (C=O) groups is 3. The normalized spacial score (nSPS) is 12.8. The number of rotatable bonds is 58. The Hall–Kier alpha value is -3.93. The molecule has 0 aliphatic carbocycles. The number of carbonyl (C=O) groups excluding carboxylic acids is 3. The van der Waals surface area contributed by atoms with E-state index in [0.29, 0.717) is 19.3 Å². The van der Waals surface area contributed by atoms with Crippen LogP contribution in [0, 0.1) is 0 Å². The van der Waals surface area contributed by atoms with Crippen LogP contribution >= 0.6 is 0 Å². The van der Waals surface area contributed by atoms with Crippen molar-refractivity contribution in [2.24, 2.45) is 0 Å². The molecular formula is C71H120O6. The molecule has 1 atom stereocenters. The van der Waals surface area contributed by atoms with E-state index in [1.807, 2.05) is 0 Å². The van der Waals surface area contributed by atoms with E-state index in [4.69, 9.17) is 14.2 Å². The van der Waals surface area contributed by atoms with Gasteiger partial charge >= 0.3 is 17.9 Å². The molecule has 0 N–H and O–H groups in total. The second-order valence-corrected chi connectivity index (χ2v) is 21.3. The SMILES string of the molecule is CC/C=C\C/C=C\C/C=C\C/C=C\C/C=C\CCCCCCCCCC(=O)OCC(COC(=O)CCCCCCC/C=C\C/C=C\CCC)OC(=O)CCCCCCCCCCCCC/C=C\C/C=C\CCCCCCC. The van der Waals surface area contributed by atoms with Crippen molar-refractivity contribution in [1.82, 2.24) is 0 Å². The van der Waals surface area contributed by atoms with E-state index in [-0.39, 0.29) is 31.1 Å². The summed E-state index contributed by atoms with van der Waals surface area (Å²) in [7, 11) is 0. The van der Waals surface area contributed by atoms with Crippen LogP contribution in [0.25, 0.3) is 0 Å². The van der Waals surface area contributed by atoms with Crippen LogP contribution in [0.1, 0.15) is 303 Å². The number of allylic oxidation sites excluding steroid dienone is 18. The van der Waals surface area contributed by atoms with Crippen molar-refractivity contribution in [2.75, 3.05) is 13.2 Å². The monoisotopic (exact) mass is 1070 g/mol. The van der Waals surface area contributed by atoms with Crippen molar-refractivity contribution in [3.8, 4) is 0 Å². The number of esters is 3. The van der Waals surface area contributed by atoms with E-state index in [2.05, 4.69) is 130 Å². The molecule has 0 heterocycles. The fourth-order valence-corrected chi connectivity index (χ4v) is 8.89. The fourth-order valence-electron chi connectivity index (χ4n) is 8.89. The smallest absolute Gasteiger partial charge is 0.306 e. The first-order valence-corrected chi connectivity index (χ1v) is 32.4. The number of hydrogen-bond acceptors (Lipinski definition) is 6. The first-order chi connectivity index (χ1) is 38.0. The van der Waals surface area contributed by atoms with Crippen molar-refractivity contribution < 1.29 is 28.6 Å². The summed E-state index contributed by atoms with van der Waals surface area (Å²) in [5, 5.41) is 0. The summed E-state index contributed by atoms with van der Waals surface area (Å²) >= 11 is 0. The van der Waals surface area contributed by atoms with Gasteiger partial charge in [0.05, 0.1) is 0 Å². The van der Waals surface area contributed by atoms with Crippen LogP contribution in [0.3, 0.4) is 0 Å². The Labute approximate surface area is 476 Å². The molecule has 0 bridgehead atoms. The lowest BCUT2D eigenvalue weighted by Gasteiger charge is -2.18. The van der Waals surface area contributed by atoms with Gasteiger partial charge in [-0.1, -0.05) is 271 Å². The van der Waals surface area contributed by atoms with Gasteiger partial charge in [-0.15, -0.1) is 0 Å². The molecule has 0 amide bonds. The van der Waals surface area contributed by atoms with Crippen LogP contribution in [0.5, 0.6) is 0 Å². The molecule has 0 spiro atoms. The maximum absolute atomic E-state index is 12.9. The Morgan fingerprint density at radius 2 is 0.532 bits per heavy atom. The van der Waals surface area contributed by atoms with Gasteiger partial charge in [-0.25, -0.2) is 0 Å². The van der Waals surface area contributed by atoms with Crippen molar-refractivity contribution in [2.45, 2.75) is 309 Å². The van der Waals surface area contributed by atoms with Gasteiger partial charge in [-0.2, -0.15) is 0 Å².